The summed E-state index contributed by atoms with van der Waals surface area (Å²) in [6.07, 6.45) is 7.96. The van der Waals surface area contributed by atoms with Gasteiger partial charge in [-0.3, -0.25) is 9.98 Å². The quantitative estimate of drug-likeness (QED) is 0.565. The lowest BCUT2D eigenvalue weighted by Crippen LogP contribution is -2.20. The minimum Gasteiger partial charge on any atom is -0.372 e. The van der Waals surface area contributed by atoms with Crippen LogP contribution in [0.5, 0.6) is 0 Å². The molecule has 0 spiro atoms. The number of para-hydroxylation sites is 1. The molecule has 3 aromatic rings. The highest BCUT2D eigenvalue weighted by atomic mass is 79.9. The Morgan fingerprint density at radius 3 is 2.78 bits per heavy atom. The number of benzodiazepines with no additional fused rings is 1. The number of aliphatic imine (C=N–C) groups is 1. The van der Waals surface area contributed by atoms with E-state index in [1.165, 1.54) is 11.3 Å². The molecule has 0 radical (unpaired) electrons. The van der Waals surface area contributed by atoms with Gasteiger partial charge in [-0.2, -0.15) is 0 Å². The van der Waals surface area contributed by atoms with Crippen LogP contribution in [0.2, 0.25) is 0 Å². The van der Waals surface area contributed by atoms with Crippen molar-refractivity contribution >= 4 is 33.4 Å². The van der Waals surface area contributed by atoms with Crippen LogP contribution < -0.4 is 4.90 Å². The Balaban J connectivity index is 1.72. The molecule has 0 saturated carbocycles. The molecular formula is C23H20BrN3. The summed E-state index contributed by atoms with van der Waals surface area (Å²) in [6.45, 7) is 1.71. The van der Waals surface area contributed by atoms with Gasteiger partial charge in [0.05, 0.1) is 12.3 Å². The topological polar surface area (TPSA) is 28.5 Å². The molecule has 2 heterocycles. The van der Waals surface area contributed by atoms with E-state index in [0.29, 0.717) is 0 Å². The number of rotatable bonds is 3. The van der Waals surface area contributed by atoms with Crippen LogP contribution in [0, 0.1) is 0 Å². The molecule has 4 rings (SSSR count). The maximum atomic E-state index is 4.81. The van der Waals surface area contributed by atoms with E-state index in [0.717, 1.165) is 40.0 Å². The maximum Gasteiger partial charge on any atom is 0.0668 e. The van der Waals surface area contributed by atoms with Crippen LogP contribution >= 0.6 is 15.9 Å². The summed E-state index contributed by atoms with van der Waals surface area (Å²) in [5, 5.41) is 0. The van der Waals surface area contributed by atoms with Crippen molar-refractivity contribution in [2.45, 2.75) is 0 Å². The Bertz CT molecular complexity index is 1020. The second-order valence-electron chi connectivity index (χ2n) is 6.51. The molecule has 0 aliphatic carbocycles. The molecule has 4 heteroatoms. The number of benzene rings is 2. The van der Waals surface area contributed by atoms with Crippen LogP contribution in [0.15, 0.2) is 82.5 Å². The monoisotopic (exact) mass is 417 g/mol. The third-order valence-electron chi connectivity index (χ3n) is 4.72. The van der Waals surface area contributed by atoms with E-state index in [1.807, 2.05) is 18.5 Å². The molecular weight excluding hydrogens is 398 g/mol. The fraction of sp³-hybridized carbons (Fsp3) is 0.130. The zero-order chi connectivity index (χ0) is 18.6. The molecule has 0 amide bonds. The normalized spacial score (nSPS) is 14.0. The van der Waals surface area contributed by atoms with Crippen molar-refractivity contribution in [3.63, 3.8) is 0 Å². The number of fused-ring (bicyclic) bond motifs is 1. The van der Waals surface area contributed by atoms with Gasteiger partial charge in [-0.15, -0.1) is 0 Å². The highest BCUT2D eigenvalue weighted by molar-refractivity contribution is 9.10. The molecule has 0 N–H and O–H groups in total. The predicted molar refractivity (Wildman–Crippen MR) is 118 cm³/mol. The van der Waals surface area contributed by atoms with Gasteiger partial charge in [0, 0.05) is 47.3 Å². The lowest BCUT2D eigenvalue weighted by Gasteiger charge is -2.18. The van der Waals surface area contributed by atoms with E-state index < -0.39 is 0 Å². The lowest BCUT2D eigenvalue weighted by atomic mass is 10.0. The van der Waals surface area contributed by atoms with Gasteiger partial charge < -0.3 is 4.90 Å². The molecule has 0 atom stereocenters. The number of allylic oxidation sites excluding steroid dienone is 1. The summed E-state index contributed by atoms with van der Waals surface area (Å²) in [5.74, 6) is 0. The number of likely N-dealkylation sites (N-methyl/N-ethyl adjacent to an activating group) is 1. The number of hydrogen-bond donors (Lipinski definition) is 0. The summed E-state index contributed by atoms with van der Waals surface area (Å²) >= 11 is 3.56. The van der Waals surface area contributed by atoms with Gasteiger partial charge in [0.1, 0.15) is 0 Å². The second kappa shape index (κ2) is 7.89. The molecule has 0 unspecified atom stereocenters. The highest BCUT2D eigenvalue weighted by Gasteiger charge is 2.14. The van der Waals surface area contributed by atoms with Crippen molar-refractivity contribution in [1.82, 2.24) is 4.98 Å². The molecule has 2 aromatic carbocycles. The summed E-state index contributed by atoms with van der Waals surface area (Å²) in [5.41, 5.74) is 6.79. The van der Waals surface area contributed by atoms with Crippen molar-refractivity contribution in [3.05, 3.63) is 88.7 Å². The van der Waals surface area contributed by atoms with Gasteiger partial charge >= 0.3 is 0 Å². The molecule has 0 bridgehead atoms. The lowest BCUT2D eigenvalue weighted by molar-refractivity contribution is 0.897. The second-order valence-corrected chi connectivity index (χ2v) is 7.43. The van der Waals surface area contributed by atoms with Crippen molar-refractivity contribution < 1.29 is 0 Å². The van der Waals surface area contributed by atoms with Crippen molar-refractivity contribution in [3.8, 4) is 11.1 Å². The van der Waals surface area contributed by atoms with E-state index in [2.05, 4.69) is 93.5 Å². The average Bonchev–Trinajstić information content (AvgIpc) is 2.86. The number of pyridine rings is 1. The Hall–Kier alpha value is -2.72. The first-order chi connectivity index (χ1) is 13.2. The zero-order valence-corrected chi connectivity index (χ0v) is 16.7. The largest absolute Gasteiger partial charge is 0.372 e. The first-order valence-corrected chi connectivity index (χ1v) is 9.75. The highest BCUT2D eigenvalue weighted by Crippen LogP contribution is 2.27. The number of hydrogen-bond acceptors (Lipinski definition) is 3. The molecule has 0 saturated heterocycles. The third kappa shape index (κ3) is 3.86. The minimum absolute atomic E-state index is 0.788. The molecule has 0 fully saturated rings. The molecule has 1 aliphatic rings. The van der Waals surface area contributed by atoms with E-state index in [-0.39, 0.29) is 0 Å². The Kier molecular flexibility index (Phi) is 5.16. The molecule has 27 heavy (non-hydrogen) atoms. The average molecular weight is 418 g/mol. The van der Waals surface area contributed by atoms with Gasteiger partial charge in [-0.1, -0.05) is 52.3 Å². The molecule has 1 aliphatic heterocycles. The SMILES string of the molecule is CN1CCN=C(/C=C/c2cnccc2-c2cccc(Br)c2)c2ccccc21. The Labute approximate surface area is 168 Å². The predicted octanol–water partition coefficient (Wildman–Crippen LogP) is 5.46. The van der Waals surface area contributed by atoms with Crippen LogP contribution in [-0.4, -0.2) is 30.8 Å². The number of nitrogens with zero attached hydrogens (tertiary/aromatic N) is 3. The standard InChI is InChI=1S/C23H20BrN3/c1-27-14-13-26-22(21-7-2-3-8-23(21)27)10-9-18-16-25-12-11-20(18)17-5-4-6-19(24)15-17/h2-12,15-16H,13-14H2,1H3/b10-9+. The summed E-state index contributed by atoms with van der Waals surface area (Å²) < 4.78 is 1.07. The minimum atomic E-state index is 0.788. The van der Waals surface area contributed by atoms with E-state index in [1.54, 1.807) is 0 Å². The first-order valence-electron chi connectivity index (χ1n) is 8.95. The van der Waals surface area contributed by atoms with Gasteiger partial charge in [0.25, 0.3) is 0 Å². The summed E-state index contributed by atoms with van der Waals surface area (Å²) in [4.78, 5) is 11.4. The van der Waals surface area contributed by atoms with E-state index in [4.69, 9.17) is 4.99 Å². The smallest absolute Gasteiger partial charge is 0.0668 e. The van der Waals surface area contributed by atoms with E-state index in [9.17, 15) is 0 Å². The van der Waals surface area contributed by atoms with Gasteiger partial charge in [0.2, 0.25) is 0 Å². The van der Waals surface area contributed by atoms with Crippen molar-refractivity contribution in [2.75, 3.05) is 25.0 Å². The van der Waals surface area contributed by atoms with Crippen LogP contribution in [0.4, 0.5) is 5.69 Å². The zero-order valence-electron chi connectivity index (χ0n) is 15.1. The van der Waals surface area contributed by atoms with Crippen LogP contribution in [-0.2, 0) is 0 Å². The Morgan fingerprint density at radius 2 is 1.89 bits per heavy atom. The van der Waals surface area contributed by atoms with Gasteiger partial charge in [-0.25, -0.2) is 0 Å². The third-order valence-corrected chi connectivity index (χ3v) is 5.21. The Morgan fingerprint density at radius 1 is 1.00 bits per heavy atom. The van der Waals surface area contributed by atoms with E-state index >= 15 is 0 Å². The molecule has 3 nitrogen and oxygen atoms in total. The fourth-order valence-corrected chi connectivity index (χ4v) is 3.72. The number of halogens is 1. The summed E-state index contributed by atoms with van der Waals surface area (Å²) in [6, 6.07) is 18.8. The molecule has 1 aromatic heterocycles. The fourth-order valence-electron chi connectivity index (χ4n) is 3.32. The summed E-state index contributed by atoms with van der Waals surface area (Å²) in [7, 11) is 2.12. The van der Waals surface area contributed by atoms with Crippen molar-refractivity contribution in [2.24, 2.45) is 4.99 Å². The van der Waals surface area contributed by atoms with Crippen LogP contribution in [0.3, 0.4) is 0 Å². The van der Waals surface area contributed by atoms with Crippen LogP contribution in [0.25, 0.3) is 17.2 Å². The van der Waals surface area contributed by atoms with Crippen LogP contribution in [0.1, 0.15) is 11.1 Å². The first kappa shape index (κ1) is 17.7. The van der Waals surface area contributed by atoms with Gasteiger partial charge in [-0.05, 0) is 41.5 Å². The number of aromatic nitrogens is 1. The maximum absolute atomic E-state index is 4.81. The van der Waals surface area contributed by atoms with Crippen molar-refractivity contribution in [1.29, 1.82) is 0 Å². The molecule has 134 valence electrons. The van der Waals surface area contributed by atoms with Gasteiger partial charge in [0.15, 0.2) is 0 Å². The number of anilines is 1.